The van der Waals surface area contributed by atoms with Gasteiger partial charge < -0.3 is 4.74 Å². The predicted octanol–water partition coefficient (Wildman–Crippen LogP) is 4.68. The topological polar surface area (TPSA) is 61.8 Å². The second-order valence-electron chi connectivity index (χ2n) is 6.75. The number of ether oxygens (including phenoxy) is 1. The third-order valence-electron chi connectivity index (χ3n) is 4.68. The molecule has 2 aromatic carbocycles. The lowest BCUT2D eigenvalue weighted by molar-refractivity contribution is -0.137. The molecule has 5 nitrogen and oxygen atoms in total. The molecule has 0 bridgehead atoms. The van der Waals surface area contributed by atoms with Crippen LogP contribution in [0, 0.1) is 6.92 Å². The summed E-state index contributed by atoms with van der Waals surface area (Å²) in [4.78, 5) is 12.7. The van der Waals surface area contributed by atoms with Crippen molar-refractivity contribution in [3.05, 3.63) is 59.2 Å². The standard InChI is InChI=1S/C20H21F3N2O3S/c1-13-3-2-4-17(18(13)19(26)24-27)29-25-11-9-16(10-12-25)28-15-7-5-14(6-8-15)20(21,22)23/h2-8,16,27H,9-12H2,1H3,(H,24,26). The number of benzene rings is 2. The smallest absolute Gasteiger partial charge is 0.416 e. The molecule has 1 amide bonds. The van der Waals surface area contributed by atoms with Gasteiger partial charge in [0.25, 0.3) is 5.91 Å². The van der Waals surface area contributed by atoms with Crippen molar-refractivity contribution < 1.29 is 27.9 Å². The first-order chi connectivity index (χ1) is 13.8. The average molecular weight is 426 g/mol. The maximum atomic E-state index is 12.6. The average Bonchev–Trinajstić information content (AvgIpc) is 2.69. The van der Waals surface area contributed by atoms with E-state index in [0.29, 0.717) is 37.2 Å². The van der Waals surface area contributed by atoms with Crippen LogP contribution in [0.1, 0.15) is 34.3 Å². The largest absolute Gasteiger partial charge is 0.490 e. The molecule has 0 radical (unpaired) electrons. The van der Waals surface area contributed by atoms with Crippen molar-refractivity contribution in [1.82, 2.24) is 9.79 Å². The highest BCUT2D eigenvalue weighted by Gasteiger charge is 2.30. The number of piperidine rings is 1. The van der Waals surface area contributed by atoms with Crippen LogP contribution < -0.4 is 10.2 Å². The van der Waals surface area contributed by atoms with Crippen LogP contribution in [-0.4, -0.2) is 34.6 Å². The van der Waals surface area contributed by atoms with Crippen molar-refractivity contribution in [2.45, 2.75) is 36.9 Å². The van der Waals surface area contributed by atoms with Crippen LogP contribution in [0.25, 0.3) is 0 Å². The van der Waals surface area contributed by atoms with Crippen LogP contribution in [0.5, 0.6) is 5.75 Å². The maximum absolute atomic E-state index is 12.6. The van der Waals surface area contributed by atoms with Crippen molar-refractivity contribution in [3.63, 3.8) is 0 Å². The minimum atomic E-state index is -4.36. The summed E-state index contributed by atoms with van der Waals surface area (Å²) < 4.78 is 45.8. The normalized spacial score (nSPS) is 15.9. The molecule has 29 heavy (non-hydrogen) atoms. The first kappa shape index (κ1) is 21.5. The zero-order valence-corrected chi connectivity index (χ0v) is 16.5. The highest BCUT2D eigenvalue weighted by Crippen LogP contribution is 2.33. The fourth-order valence-corrected chi connectivity index (χ4v) is 4.32. The fourth-order valence-electron chi connectivity index (χ4n) is 3.16. The summed E-state index contributed by atoms with van der Waals surface area (Å²) in [5.74, 6) is -0.129. The molecule has 1 heterocycles. The van der Waals surface area contributed by atoms with E-state index < -0.39 is 17.6 Å². The molecule has 3 rings (SSSR count). The van der Waals surface area contributed by atoms with E-state index in [-0.39, 0.29) is 6.10 Å². The van der Waals surface area contributed by atoms with Crippen molar-refractivity contribution in [1.29, 1.82) is 0 Å². The van der Waals surface area contributed by atoms with E-state index in [1.165, 1.54) is 24.1 Å². The second-order valence-corrected chi connectivity index (χ2v) is 7.89. The summed E-state index contributed by atoms with van der Waals surface area (Å²) in [7, 11) is 0. The van der Waals surface area contributed by atoms with Crippen LogP contribution in [0.4, 0.5) is 13.2 Å². The summed E-state index contributed by atoms with van der Waals surface area (Å²) >= 11 is 1.44. The summed E-state index contributed by atoms with van der Waals surface area (Å²) in [6, 6.07) is 10.2. The zero-order valence-electron chi connectivity index (χ0n) is 15.7. The van der Waals surface area contributed by atoms with Gasteiger partial charge in [0.1, 0.15) is 11.9 Å². The first-order valence-electron chi connectivity index (χ1n) is 9.09. The molecule has 0 saturated carbocycles. The molecule has 2 aromatic rings. The number of hydrogen-bond donors (Lipinski definition) is 2. The van der Waals surface area contributed by atoms with Gasteiger partial charge in [0.15, 0.2) is 0 Å². The molecular formula is C20H21F3N2O3S. The van der Waals surface area contributed by atoms with Crippen molar-refractivity contribution in [2.24, 2.45) is 0 Å². The number of carbonyl (C=O) groups is 1. The van der Waals surface area contributed by atoms with Gasteiger partial charge in [0.05, 0.1) is 11.1 Å². The van der Waals surface area contributed by atoms with E-state index in [4.69, 9.17) is 9.94 Å². The number of amides is 1. The number of alkyl halides is 3. The lowest BCUT2D eigenvalue weighted by atomic mass is 10.1. The van der Waals surface area contributed by atoms with Gasteiger partial charge in [-0.1, -0.05) is 12.1 Å². The minimum Gasteiger partial charge on any atom is -0.490 e. The molecule has 1 saturated heterocycles. The number of carbonyl (C=O) groups excluding carboxylic acids is 1. The van der Waals surface area contributed by atoms with E-state index in [2.05, 4.69) is 4.31 Å². The number of nitrogens with one attached hydrogen (secondary N) is 1. The summed E-state index contributed by atoms with van der Waals surface area (Å²) in [5.41, 5.74) is 2.19. The molecular weight excluding hydrogens is 405 g/mol. The Hall–Kier alpha value is -2.23. The molecule has 1 aliphatic rings. The predicted molar refractivity (Wildman–Crippen MR) is 103 cm³/mol. The van der Waals surface area contributed by atoms with E-state index in [0.717, 1.165) is 22.6 Å². The summed E-state index contributed by atoms with van der Waals surface area (Å²) in [6.45, 7) is 3.20. The lowest BCUT2D eigenvalue weighted by Gasteiger charge is -2.31. The van der Waals surface area contributed by atoms with Crippen molar-refractivity contribution >= 4 is 17.9 Å². The zero-order chi connectivity index (χ0) is 21.0. The van der Waals surface area contributed by atoms with Gasteiger partial charge in [0.2, 0.25) is 0 Å². The molecule has 1 fully saturated rings. The number of rotatable bonds is 5. The Morgan fingerprint density at radius 3 is 2.41 bits per heavy atom. The molecule has 0 spiro atoms. The van der Waals surface area contributed by atoms with Gasteiger partial charge in [-0.2, -0.15) is 13.2 Å². The molecule has 0 unspecified atom stereocenters. The van der Waals surface area contributed by atoms with Gasteiger partial charge in [-0.05, 0) is 67.6 Å². The van der Waals surface area contributed by atoms with Gasteiger partial charge >= 0.3 is 6.18 Å². The van der Waals surface area contributed by atoms with Crippen LogP contribution in [0.15, 0.2) is 47.4 Å². The van der Waals surface area contributed by atoms with Crippen LogP contribution in [0.2, 0.25) is 0 Å². The Morgan fingerprint density at radius 1 is 1.17 bits per heavy atom. The Labute approximate surface area is 170 Å². The third kappa shape index (κ3) is 5.43. The monoisotopic (exact) mass is 426 g/mol. The second kappa shape index (κ2) is 9.06. The van der Waals surface area contributed by atoms with E-state index in [1.54, 1.807) is 18.5 Å². The molecule has 2 N–H and O–H groups in total. The number of hydroxylamine groups is 1. The number of aryl methyl sites for hydroxylation is 1. The van der Waals surface area contributed by atoms with E-state index in [9.17, 15) is 18.0 Å². The highest BCUT2D eigenvalue weighted by molar-refractivity contribution is 7.97. The molecule has 0 atom stereocenters. The lowest BCUT2D eigenvalue weighted by Crippen LogP contribution is -2.34. The van der Waals surface area contributed by atoms with Crippen molar-refractivity contribution in [3.8, 4) is 5.75 Å². The number of halogens is 3. The van der Waals surface area contributed by atoms with Crippen molar-refractivity contribution in [2.75, 3.05) is 13.1 Å². The van der Waals surface area contributed by atoms with E-state index >= 15 is 0 Å². The van der Waals surface area contributed by atoms with Gasteiger partial charge in [-0.25, -0.2) is 9.79 Å². The Bertz CT molecular complexity index is 851. The Kier molecular flexibility index (Phi) is 6.71. The summed E-state index contributed by atoms with van der Waals surface area (Å²) in [6.07, 6.45) is -3.02. The molecule has 9 heteroatoms. The molecule has 156 valence electrons. The SMILES string of the molecule is Cc1cccc(SN2CCC(Oc3ccc(C(F)(F)F)cc3)CC2)c1C(=O)NO. The molecule has 0 aromatic heterocycles. The van der Waals surface area contributed by atoms with Crippen LogP contribution in [-0.2, 0) is 6.18 Å². The summed E-state index contributed by atoms with van der Waals surface area (Å²) in [5, 5.41) is 8.98. The number of nitrogens with zero attached hydrogens (tertiary/aromatic N) is 1. The van der Waals surface area contributed by atoms with Gasteiger partial charge in [-0.3, -0.25) is 10.0 Å². The maximum Gasteiger partial charge on any atom is 0.416 e. The Balaban J connectivity index is 1.56. The van der Waals surface area contributed by atoms with E-state index in [1.807, 2.05) is 12.1 Å². The van der Waals surface area contributed by atoms with Crippen LogP contribution in [0.3, 0.4) is 0 Å². The van der Waals surface area contributed by atoms with Gasteiger partial charge in [-0.15, -0.1) is 0 Å². The van der Waals surface area contributed by atoms with Crippen LogP contribution >= 0.6 is 11.9 Å². The number of hydrogen-bond acceptors (Lipinski definition) is 5. The highest BCUT2D eigenvalue weighted by atomic mass is 32.2. The minimum absolute atomic E-state index is 0.0821. The third-order valence-corrected chi connectivity index (χ3v) is 5.84. The quantitative estimate of drug-likeness (QED) is 0.413. The fraction of sp³-hybridized carbons (Fsp3) is 0.350. The van der Waals surface area contributed by atoms with Gasteiger partial charge in [0, 0.05) is 18.0 Å². The molecule has 1 aliphatic heterocycles. The molecule has 0 aliphatic carbocycles. The first-order valence-corrected chi connectivity index (χ1v) is 9.86. The Morgan fingerprint density at radius 2 is 1.83 bits per heavy atom.